The lowest BCUT2D eigenvalue weighted by atomic mass is 9.95. The number of carbonyl (C=O) groups excluding carboxylic acids is 1. The Morgan fingerprint density at radius 1 is 1.19 bits per heavy atom. The summed E-state index contributed by atoms with van der Waals surface area (Å²) in [4.78, 5) is 14.0. The first kappa shape index (κ1) is 11.9. The maximum Gasteiger partial charge on any atom is 0.239 e. The Balaban J connectivity index is 1.92. The lowest BCUT2D eigenvalue weighted by molar-refractivity contribution is -0.135. The van der Waals surface area contributed by atoms with Crippen LogP contribution in [0.2, 0.25) is 0 Å². The van der Waals surface area contributed by atoms with Crippen molar-refractivity contribution in [1.29, 1.82) is 0 Å². The number of carbonyl (C=O) groups is 1. The predicted octanol–water partition coefficient (Wildman–Crippen LogP) is 0.487. The Morgan fingerprint density at radius 3 is 2.44 bits per heavy atom. The molecule has 2 aliphatic rings. The molecule has 0 aromatic carbocycles. The lowest BCUT2D eigenvalue weighted by Crippen LogP contribution is -2.50. The predicted molar refractivity (Wildman–Crippen MR) is 61.8 cm³/mol. The molecular weight excluding hydrogens is 204 g/mol. The summed E-state index contributed by atoms with van der Waals surface area (Å²) in [6.45, 7) is 1.69. The number of amides is 1. The molecule has 92 valence electrons. The molecular formula is C12H22N2O2. The number of hydrogen-bond acceptors (Lipinski definition) is 3. The smallest absolute Gasteiger partial charge is 0.239 e. The molecule has 1 aliphatic carbocycles. The van der Waals surface area contributed by atoms with Crippen LogP contribution in [0.15, 0.2) is 0 Å². The second-order valence-electron chi connectivity index (χ2n) is 5.07. The maximum absolute atomic E-state index is 12.1. The van der Waals surface area contributed by atoms with E-state index in [9.17, 15) is 9.90 Å². The van der Waals surface area contributed by atoms with E-state index in [0.717, 1.165) is 45.2 Å². The van der Waals surface area contributed by atoms with E-state index in [1.807, 2.05) is 4.90 Å². The summed E-state index contributed by atoms with van der Waals surface area (Å²) in [5.41, 5.74) is 5.99. The van der Waals surface area contributed by atoms with Crippen LogP contribution in [0.4, 0.5) is 0 Å². The van der Waals surface area contributed by atoms with Crippen LogP contribution in [0.5, 0.6) is 0 Å². The number of hydrogen-bond donors (Lipinski definition) is 2. The Morgan fingerprint density at radius 2 is 1.88 bits per heavy atom. The second-order valence-corrected chi connectivity index (χ2v) is 5.07. The highest BCUT2D eigenvalue weighted by molar-refractivity contribution is 5.82. The van der Waals surface area contributed by atoms with Crippen molar-refractivity contribution in [3.8, 4) is 0 Å². The number of aliphatic hydroxyl groups is 1. The fourth-order valence-electron chi connectivity index (χ4n) is 2.90. The molecule has 2 rings (SSSR count). The minimum atomic E-state index is -0.490. The first-order chi connectivity index (χ1) is 7.70. The van der Waals surface area contributed by atoms with E-state index < -0.39 is 6.04 Å². The summed E-state index contributed by atoms with van der Waals surface area (Å²) in [6, 6.07) is -0.490. The highest BCUT2D eigenvalue weighted by Gasteiger charge is 2.36. The van der Waals surface area contributed by atoms with Crippen LogP contribution >= 0.6 is 0 Å². The first-order valence-corrected chi connectivity index (χ1v) is 6.42. The third-order valence-corrected chi connectivity index (χ3v) is 3.95. The summed E-state index contributed by atoms with van der Waals surface area (Å²) in [5, 5.41) is 9.76. The van der Waals surface area contributed by atoms with Gasteiger partial charge in [-0.3, -0.25) is 4.79 Å². The van der Waals surface area contributed by atoms with Gasteiger partial charge in [0, 0.05) is 19.0 Å². The molecule has 4 heteroatoms. The Hall–Kier alpha value is -0.610. The molecule has 16 heavy (non-hydrogen) atoms. The summed E-state index contributed by atoms with van der Waals surface area (Å²) in [7, 11) is 0. The molecule has 4 nitrogen and oxygen atoms in total. The zero-order valence-corrected chi connectivity index (χ0v) is 9.77. The fourth-order valence-corrected chi connectivity index (χ4v) is 2.90. The molecule has 0 spiro atoms. The van der Waals surface area contributed by atoms with E-state index in [-0.39, 0.29) is 17.9 Å². The minimum absolute atomic E-state index is 0.0190. The van der Waals surface area contributed by atoms with E-state index in [2.05, 4.69) is 0 Å². The molecule has 2 fully saturated rings. The fraction of sp³-hybridized carbons (Fsp3) is 0.917. The van der Waals surface area contributed by atoms with Gasteiger partial charge in [0.05, 0.1) is 12.1 Å². The van der Waals surface area contributed by atoms with Crippen molar-refractivity contribution >= 4 is 5.91 Å². The summed E-state index contributed by atoms with van der Waals surface area (Å²) in [6.07, 6.45) is 5.70. The van der Waals surface area contributed by atoms with Gasteiger partial charge in [0.1, 0.15) is 0 Å². The van der Waals surface area contributed by atoms with E-state index in [4.69, 9.17) is 5.73 Å². The highest BCUT2D eigenvalue weighted by Crippen LogP contribution is 2.28. The van der Waals surface area contributed by atoms with Crippen LogP contribution in [-0.2, 0) is 4.79 Å². The summed E-state index contributed by atoms with van der Waals surface area (Å²) >= 11 is 0. The average molecular weight is 226 g/mol. The third-order valence-electron chi connectivity index (χ3n) is 3.95. The van der Waals surface area contributed by atoms with Gasteiger partial charge in [0.25, 0.3) is 0 Å². The van der Waals surface area contributed by atoms with Gasteiger partial charge < -0.3 is 15.7 Å². The molecule has 1 saturated carbocycles. The van der Waals surface area contributed by atoms with Crippen LogP contribution in [0, 0.1) is 5.92 Å². The van der Waals surface area contributed by atoms with Gasteiger partial charge in [-0.15, -0.1) is 0 Å². The van der Waals surface area contributed by atoms with Gasteiger partial charge in [-0.05, 0) is 32.1 Å². The number of rotatable bonds is 2. The number of aliphatic hydroxyl groups excluding tert-OH is 1. The van der Waals surface area contributed by atoms with Crippen LogP contribution in [-0.4, -0.2) is 41.1 Å². The first-order valence-electron chi connectivity index (χ1n) is 6.42. The second kappa shape index (κ2) is 5.15. The minimum Gasteiger partial charge on any atom is -0.393 e. The summed E-state index contributed by atoms with van der Waals surface area (Å²) in [5.74, 6) is 0.0278. The van der Waals surface area contributed by atoms with Crippen molar-refractivity contribution in [1.82, 2.24) is 4.90 Å². The van der Waals surface area contributed by atoms with Gasteiger partial charge in [-0.25, -0.2) is 0 Å². The topological polar surface area (TPSA) is 66.6 Å². The van der Waals surface area contributed by atoms with Gasteiger partial charge >= 0.3 is 0 Å². The normalized spacial score (nSPS) is 32.8. The Labute approximate surface area is 96.8 Å². The molecule has 1 aliphatic heterocycles. The molecule has 3 atom stereocenters. The number of piperidine rings is 1. The van der Waals surface area contributed by atoms with Crippen molar-refractivity contribution in [2.75, 3.05) is 13.1 Å². The lowest BCUT2D eigenvalue weighted by Gasteiger charge is -2.31. The van der Waals surface area contributed by atoms with E-state index in [1.165, 1.54) is 6.42 Å². The van der Waals surface area contributed by atoms with Crippen LogP contribution in [0.25, 0.3) is 0 Å². The zero-order valence-electron chi connectivity index (χ0n) is 9.77. The van der Waals surface area contributed by atoms with Gasteiger partial charge in [0.2, 0.25) is 5.91 Å². The van der Waals surface area contributed by atoms with E-state index in [0.29, 0.717) is 0 Å². The molecule has 0 radical (unpaired) electrons. The van der Waals surface area contributed by atoms with Crippen molar-refractivity contribution < 1.29 is 9.90 Å². The van der Waals surface area contributed by atoms with Crippen LogP contribution in [0.1, 0.15) is 38.5 Å². The van der Waals surface area contributed by atoms with Crippen molar-refractivity contribution in [3.05, 3.63) is 0 Å². The summed E-state index contributed by atoms with van der Waals surface area (Å²) < 4.78 is 0. The SMILES string of the molecule is N[C@@H](C(=O)N1CCCCC1)[C@@H]1CCC[C@H]1O. The number of nitrogens with zero attached hydrogens (tertiary/aromatic N) is 1. The monoisotopic (exact) mass is 226 g/mol. The molecule has 0 aromatic heterocycles. The van der Waals surface area contributed by atoms with Gasteiger partial charge in [-0.2, -0.15) is 0 Å². The van der Waals surface area contributed by atoms with E-state index >= 15 is 0 Å². The largest absolute Gasteiger partial charge is 0.393 e. The van der Waals surface area contributed by atoms with Crippen molar-refractivity contribution in [2.24, 2.45) is 11.7 Å². The quantitative estimate of drug-likeness (QED) is 0.720. The molecule has 0 unspecified atom stereocenters. The van der Waals surface area contributed by atoms with Crippen LogP contribution in [0.3, 0.4) is 0 Å². The van der Waals surface area contributed by atoms with Gasteiger partial charge in [0.15, 0.2) is 0 Å². The molecule has 1 heterocycles. The number of likely N-dealkylation sites (tertiary alicyclic amines) is 1. The molecule has 3 N–H and O–H groups in total. The molecule has 0 aromatic rings. The maximum atomic E-state index is 12.1. The Bertz CT molecular complexity index is 251. The Kier molecular flexibility index (Phi) is 3.82. The standard InChI is InChI=1S/C12H22N2O2/c13-11(9-5-4-6-10(9)15)12(16)14-7-2-1-3-8-14/h9-11,15H,1-8,13H2/t9-,10-,11-/m1/s1. The van der Waals surface area contributed by atoms with E-state index in [1.54, 1.807) is 0 Å². The number of nitrogens with two attached hydrogens (primary N) is 1. The third kappa shape index (κ3) is 2.38. The zero-order chi connectivity index (χ0) is 11.5. The molecule has 1 saturated heterocycles. The van der Waals surface area contributed by atoms with Crippen molar-refractivity contribution in [3.63, 3.8) is 0 Å². The molecule has 0 bridgehead atoms. The highest BCUT2D eigenvalue weighted by atomic mass is 16.3. The van der Waals surface area contributed by atoms with Crippen LogP contribution < -0.4 is 5.73 Å². The van der Waals surface area contributed by atoms with Gasteiger partial charge in [-0.1, -0.05) is 6.42 Å². The average Bonchev–Trinajstić information content (AvgIpc) is 2.75. The molecule has 1 amide bonds. The van der Waals surface area contributed by atoms with Crippen molar-refractivity contribution in [2.45, 2.75) is 50.7 Å².